The van der Waals surface area contributed by atoms with Crippen LogP contribution in [0.25, 0.3) is 0 Å². The number of ether oxygens (including phenoxy) is 2. The molecule has 4 rings (SSSR count). The molecule has 2 amide bonds. The molecule has 1 saturated heterocycles. The van der Waals surface area contributed by atoms with E-state index in [1.165, 1.54) is 12.5 Å². The fourth-order valence-corrected chi connectivity index (χ4v) is 3.31. The molecule has 0 aliphatic carbocycles. The van der Waals surface area contributed by atoms with Gasteiger partial charge in [0.05, 0.1) is 12.5 Å². The molecule has 0 N–H and O–H groups in total. The number of amides is 2. The Balaban J connectivity index is 1.24. The second kappa shape index (κ2) is 9.86. The molecule has 0 radical (unpaired) electrons. The second-order valence-corrected chi connectivity index (χ2v) is 7.10. The molecule has 3 heterocycles. The first-order valence-electron chi connectivity index (χ1n) is 10.1. The Labute approximate surface area is 184 Å². The number of hydrogen-bond donors (Lipinski definition) is 0. The van der Waals surface area contributed by atoms with Gasteiger partial charge in [-0.15, -0.1) is 0 Å². The lowest BCUT2D eigenvalue weighted by Crippen LogP contribution is -2.51. The van der Waals surface area contributed by atoms with Crippen molar-refractivity contribution in [3.63, 3.8) is 0 Å². The summed E-state index contributed by atoms with van der Waals surface area (Å²) in [6.07, 6.45) is 2.82. The number of esters is 1. The predicted octanol–water partition coefficient (Wildman–Crippen LogP) is 2.59. The smallest absolute Gasteiger partial charge is 0.375 e. The lowest BCUT2D eigenvalue weighted by atomic mass is 10.2. The fraction of sp³-hybridized carbons (Fsp3) is 0.261. The van der Waals surface area contributed by atoms with E-state index in [4.69, 9.17) is 18.3 Å². The number of carbonyl (C=O) groups excluding carboxylic acids is 3. The number of rotatable bonds is 7. The number of nitrogens with zero attached hydrogens (tertiary/aromatic N) is 2. The summed E-state index contributed by atoms with van der Waals surface area (Å²) in [7, 11) is 0. The normalized spacial score (nSPS) is 13.6. The van der Waals surface area contributed by atoms with Crippen LogP contribution in [0.15, 0.2) is 69.9 Å². The molecule has 1 aliphatic rings. The van der Waals surface area contributed by atoms with Crippen LogP contribution in [-0.2, 0) is 16.1 Å². The van der Waals surface area contributed by atoms with Crippen molar-refractivity contribution in [2.45, 2.75) is 6.61 Å². The van der Waals surface area contributed by atoms with Crippen LogP contribution in [0.4, 0.5) is 0 Å². The highest BCUT2D eigenvalue weighted by molar-refractivity contribution is 5.92. The molecule has 9 nitrogen and oxygen atoms in total. The van der Waals surface area contributed by atoms with Gasteiger partial charge in [0.2, 0.25) is 5.76 Å². The minimum Gasteiger partial charge on any atom is -0.489 e. The summed E-state index contributed by atoms with van der Waals surface area (Å²) >= 11 is 0. The predicted molar refractivity (Wildman–Crippen MR) is 111 cm³/mol. The zero-order chi connectivity index (χ0) is 22.3. The molecule has 0 unspecified atom stereocenters. The summed E-state index contributed by atoms with van der Waals surface area (Å²) in [6.45, 7) is 1.16. The van der Waals surface area contributed by atoms with Crippen LogP contribution in [0.3, 0.4) is 0 Å². The van der Waals surface area contributed by atoms with Crippen molar-refractivity contribution in [1.29, 1.82) is 0 Å². The maximum absolute atomic E-state index is 12.4. The zero-order valence-electron chi connectivity index (χ0n) is 17.3. The molecular weight excluding hydrogens is 416 g/mol. The maximum atomic E-state index is 12.4. The van der Waals surface area contributed by atoms with Crippen molar-refractivity contribution in [3.05, 3.63) is 78.1 Å². The second-order valence-electron chi connectivity index (χ2n) is 7.10. The Morgan fingerprint density at radius 1 is 0.844 bits per heavy atom. The van der Waals surface area contributed by atoms with Crippen LogP contribution in [0.2, 0.25) is 0 Å². The van der Waals surface area contributed by atoms with Crippen molar-refractivity contribution in [2.75, 3.05) is 32.8 Å². The van der Waals surface area contributed by atoms with Crippen LogP contribution in [0.1, 0.15) is 26.7 Å². The topological polar surface area (TPSA) is 102 Å². The van der Waals surface area contributed by atoms with Gasteiger partial charge in [0.1, 0.15) is 12.4 Å². The summed E-state index contributed by atoms with van der Waals surface area (Å²) < 4.78 is 21.2. The standard InChI is InChI=1S/C23H22N2O7/c26-20(24-9-11-25(12-10-24)22(27)19-7-4-13-29-19)16-32-23(28)21-17(8-14-30-21)15-31-18-5-2-1-3-6-18/h1-8,13-14H,9-12,15-16H2. The number of benzene rings is 1. The van der Waals surface area contributed by atoms with Gasteiger partial charge in [-0.3, -0.25) is 9.59 Å². The molecule has 2 aromatic heterocycles. The van der Waals surface area contributed by atoms with E-state index >= 15 is 0 Å². The Morgan fingerprint density at radius 3 is 2.31 bits per heavy atom. The molecule has 1 aromatic carbocycles. The van der Waals surface area contributed by atoms with Gasteiger partial charge >= 0.3 is 5.97 Å². The van der Waals surface area contributed by atoms with Gasteiger partial charge < -0.3 is 28.1 Å². The summed E-state index contributed by atoms with van der Waals surface area (Å²) in [5.41, 5.74) is 0.524. The minimum absolute atomic E-state index is 0.00240. The molecule has 32 heavy (non-hydrogen) atoms. The number of hydrogen-bond acceptors (Lipinski definition) is 7. The van der Waals surface area contributed by atoms with E-state index in [-0.39, 0.29) is 29.9 Å². The molecule has 0 bridgehead atoms. The number of para-hydroxylation sites is 1. The molecule has 1 aliphatic heterocycles. The average molecular weight is 438 g/mol. The van der Waals surface area contributed by atoms with Gasteiger partial charge in [-0.05, 0) is 30.3 Å². The molecule has 0 atom stereocenters. The van der Waals surface area contributed by atoms with E-state index in [0.29, 0.717) is 37.5 Å². The molecule has 3 aromatic rings. The van der Waals surface area contributed by atoms with Gasteiger partial charge in [-0.1, -0.05) is 18.2 Å². The summed E-state index contributed by atoms with van der Waals surface area (Å²) in [5.74, 6) is -0.352. The Morgan fingerprint density at radius 2 is 1.59 bits per heavy atom. The first-order valence-corrected chi connectivity index (χ1v) is 10.1. The van der Waals surface area contributed by atoms with E-state index in [1.54, 1.807) is 40.1 Å². The maximum Gasteiger partial charge on any atom is 0.375 e. The van der Waals surface area contributed by atoms with Crippen molar-refractivity contribution in [3.8, 4) is 5.75 Å². The first kappa shape index (κ1) is 21.2. The monoisotopic (exact) mass is 438 g/mol. The Hall–Kier alpha value is -4.01. The molecule has 166 valence electrons. The average Bonchev–Trinajstić information content (AvgIpc) is 3.54. The van der Waals surface area contributed by atoms with Gasteiger partial charge in [-0.25, -0.2) is 4.79 Å². The SMILES string of the molecule is O=C(OCC(=O)N1CCN(C(=O)c2ccco2)CC1)c1occc1COc1ccccc1. The zero-order valence-corrected chi connectivity index (χ0v) is 17.3. The van der Waals surface area contributed by atoms with Gasteiger partial charge in [0, 0.05) is 31.7 Å². The molecule has 9 heteroatoms. The Kier molecular flexibility index (Phi) is 6.54. The highest BCUT2D eigenvalue weighted by Gasteiger charge is 2.27. The largest absolute Gasteiger partial charge is 0.489 e. The summed E-state index contributed by atoms with van der Waals surface area (Å²) in [5, 5.41) is 0. The third-order valence-electron chi connectivity index (χ3n) is 5.05. The van der Waals surface area contributed by atoms with Crippen LogP contribution < -0.4 is 4.74 Å². The van der Waals surface area contributed by atoms with E-state index in [0.717, 1.165) is 0 Å². The number of furan rings is 2. The first-order chi connectivity index (χ1) is 15.6. The molecular formula is C23H22N2O7. The third-order valence-corrected chi connectivity index (χ3v) is 5.05. The van der Waals surface area contributed by atoms with Gasteiger partial charge in [0.15, 0.2) is 12.4 Å². The van der Waals surface area contributed by atoms with Crippen molar-refractivity contribution in [1.82, 2.24) is 9.80 Å². The van der Waals surface area contributed by atoms with E-state index in [1.807, 2.05) is 18.2 Å². The summed E-state index contributed by atoms with van der Waals surface area (Å²) in [6, 6.07) is 14.1. The van der Waals surface area contributed by atoms with Crippen LogP contribution >= 0.6 is 0 Å². The molecule has 0 saturated carbocycles. The Bertz CT molecular complexity index is 1050. The number of piperazine rings is 1. The van der Waals surface area contributed by atoms with Gasteiger partial charge in [0.25, 0.3) is 11.8 Å². The third kappa shape index (κ3) is 5.00. The highest BCUT2D eigenvalue weighted by Crippen LogP contribution is 2.17. The lowest BCUT2D eigenvalue weighted by Gasteiger charge is -2.34. The van der Waals surface area contributed by atoms with E-state index < -0.39 is 12.6 Å². The number of carbonyl (C=O) groups is 3. The highest BCUT2D eigenvalue weighted by atomic mass is 16.5. The van der Waals surface area contributed by atoms with Crippen molar-refractivity contribution < 1.29 is 32.7 Å². The van der Waals surface area contributed by atoms with Crippen molar-refractivity contribution >= 4 is 17.8 Å². The van der Waals surface area contributed by atoms with E-state index in [9.17, 15) is 14.4 Å². The molecule has 1 fully saturated rings. The summed E-state index contributed by atoms with van der Waals surface area (Å²) in [4.78, 5) is 40.3. The minimum atomic E-state index is -0.735. The quantitative estimate of drug-likeness (QED) is 0.523. The van der Waals surface area contributed by atoms with Crippen LogP contribution in [0.5, 0.6) is 5.75 Å². The van der Waals surface area contributed by atoms with Gasteiger partial charge in [-0.2, -0.15) is 0 Å². The fourth-order valence-electron chi connectivity index (χ4n) is 3.31. The molecule has 0 spiro atoms. The van der Waals surface area contributed by atoms with Crippen molar-refractivity contribution in [2.24, 2.45) is 0 Å². The van der Waals surface area contributed by atoms with Crippen LogP contribution in [0, 0.1) is 0 Å². The van der Waals surface area contributed by atoms with E-state index in [2.05, 4.69) is 0 Å². The van der Waals surface area contributed by atoms with Crippen LogP contribution in [-0.4, -0.2) is 60.4 Å². The lowest BCUT2D eigenvalue weighted by molar-refractivity contribution is -0.136.